The van der Waals surface area contributed by atoms with Crippen LogP contribution in [0.3, 0.4) is 0 Å². The van der Waals surface area contributed by atoms with Crippen LogP contribution in [-0.2, 0) is 0 Å². The van der Waals surface area contributed by atoms with E-state index in [-0.39, 0.29) is 5.56 Å². The van der Waals surface area contributed by atoms with Crippen molar-refractivity contribution in [2.24, 2.45) is 5.14 Å². The topological polar surface area (TPSA) is 79.7 Å². The lowest BCUT2D eigenvalue weighted by atomic mass is 10.1. The van der Waals surface area contributed by atoms with E-state index in [1.165, 1.54) is 11.9 Å². The van der Waals surface area contributed by atoms with Gasteiger partial charge in [-0.05, 0) is 55.3 Å². The third-order valence-electron chi connectivity index (χ3n) is 4.60. The summed E-state index contributed by atoms with van der Waals surface area (Å²) in [4.78, 5) is 14.4. The highest BCUT2D eigenvalue weighted by Crippen LogP contribution is 2.39. The van der Waals surface area contributed by atoms with Gasteiger partial charge in [0.05, 0.1) is 11.3 Å². The Morgan fingerprint density at radius 2 is 1.81 bits per heavy atom. The molecule has 5 nitrogen and oxygen atoms in total. The largest absolute Gasteiger partial charge is 0.478 e. The van der Waals surface area contributed by atoms with Gasteiger partial charge >= 0.3 is 5.97 Å². The van der Waals surface area contributed by atoms with Crippen LogP contribution in [0.5, 0.6) is 0 Å². The number of carboxylic acids is 1. The van der Waals surface area contributed by atoms with Gasteiger partial charge < -0.3 is 14.4 Å². The number of anilines is 2. The van der Waals surface area contributed by atoms with E-state index in [0.29, 0.717) is 11.2 Å². The Balaban J connectivity index is 1.94. The third-order valence-corrected chi connectivity index (χ3v) is 5.18. The molecular formula is C21H18N2O3S. The Hall–Kier alpha value is -2.96. The smallest absolute Gasteiger partial charge is 0.335 e. The molecule has 136 valence electrons. The lowest BCUT2D eigenvalue weighted by Gasteiger charge is -2.25. The number of fused-ring (bicyclic) bond motifs is 3. The van der Waals surface area contributed by atoms with Crippen molar-refractivity contribution in [2.45, 2.75) is 11.8 Å². The molecule has 3 aromatic carbocycles. The molecule has 1 aromatic heterocycles. The van der Waals surface area contributed by atoms with Crippen LogP contribution >= 0.6 is 11.9 Å². The molecule has 0 aliphatic rings. The number of hydrogen-bond acceptors (Lipinski definition) is 5. The molecule has 6 heteroatoms. The van der Waals surface area contributed by atoms with E-state index >= 15 is 0 Å². The number of nitrogens with zero attached hydrogens (tertiary/aromatic N) is 1. The molecule has 0 aliphatic carbocycles. The van der Waals surface area contributed by atoms with E-state index in [9.17, 15) is 9.90 Å². The fraction of sp³-hybridized carbons (Fsp3) is 0.0952. The first kappa shape index (κ1) is 17.5. The Labute approximate surface area is 160 Å². The maximum Gasteiger partial charge on any atom is 0.335 e. The van der Waals surface area contributed by atoms with E-state index in [2.05, 4.69) is 24.0 Å². The van der Waals surface area contributed by atoms with Crippen molar-refractivity contribution in [1.82, 2.24) is 0 Å². The van der Waals surface area contributed by atoms with E-state index in [0.717, 1.165) is 33.6 Å². The first-order chi connectivity index (χ1) is 13.1. The zero-order valence-electron chi connectivity index (χ0n) is 14.7. The van der Waals surface area contributed by atoms with Crippen LogP contribution in [-0.4, -0.2) is 17.6 Å². The first-order valence-corrected chi connectivity index (χ1v) is 9.43. The minimum atomic E-state index is -0.961. The maximum atomic E-state index is 11.3. The normalized spacial score (nSPS) is 11.2. The summed E-state index contributed by atoms with van der Waals surface area (Å²) in [5, 5.41) is 16.9. The van der Waals surface area contributed by atoms with E-state index < -0.39 is 5.97 Å². The van der Waals surface area contributed by atoms with Gasteiger partial charge in [0.15, 0.2) is 0 Å². The number of carboxylic acid groups (broad SMARTS) is 1. The summed E-state index contributed by atoms with van der Waals surface area (Å²) in [5.74, 6) is -0.961. The Morgan fingerprint density at radius 1 is 1.07 bits per heavy atom. The van der Waals surface area contributed by atoms with Crippen molar-refractivity contribution in [3.63, 3.8) is 0 Å². The number of rotatable bonds is 5. The number of carbonyl (C=O) groups is 1. The molecule has 1 heterocycles. The molecule has 3 N–H and O–H groups in total. The van der Waals surface area contributed by atoms with E-state index in [1.807, 2.05) is 30.3 Å². The summed E-state index contributed by atoms with van der Waals surface area (Å²) in [5.41, 5.74) is 3.62. The zero-order valence-corrected chi connectivity index (χ0v) is 15.5. The van der Waals surface area contributed by atoms with Gasteiger partial charge in [0.2, 0.25) is 0 Å². The molecule has 4 aromatic rings. The van der Waals surface area contributed by atoms with Crippen LogP contribution in [0.4, 0.5) is 11.4 Å². The van der Waals surface area contributed by atoms with Gasteiger partial charge in [-0.3, -0.25) is 5.14 Å². The van der Waals surface area contributed by atoms with Crippen molar-refractivity contribution < 1.29 is 14.3 Å². The van der Waals surface area contributed by atoms with Gasteiger partial charge in [0, 0.05) is 34.0 Å². The predicted octanol–water partition coefficient (Wildman–Crippen LogP) is 5.41. The van der Waals surface area contributed by atoms with E-state index in [4.69, 9.17) is 9.56 Å². The van der Waals surface area contributed by atoms with Gasteiger partial charge in [0.25, 0.3) is 0 Å². The molecule has 0 radical (unpaired) electrons. The molecule has 27 heavy (non-hydrogen) atoms. The second-order valence-electron chi connectivity index (χ2n) is 6.13. The van der Waals surface area contributed by atoms with Gasteiger partial charge in [-0.15, -0.1) is 0 Å². The number of para-hydroxylation sites is 1. The highest BCUT2D eigenvalue weighted by molar-refractivity contribution is 7.97. The highest BCUT2D eigenvalue weighted by atomic mass is 32.2. The van der Waals surface area contributed by atoms with Crippen LogP contribution in [0.1, 0.15) is 17.3 Å². The summed E-state index contributed by atoms with van der Waals surface area (Å²) in [7, 11) is 0. The third kappa shape index (κ3) is 3.03. The van der Waals surface area contributed by atoms with Crippen LogP contribution in [0, 0.1) is 0 Å². The second kappa shape index (κ2) is 6.98. The summed E-state index contributed by atoms with van der Waals surface area (Å²) < 4.78 is 5.99. The first-order valence-electron chi connectivity index (χ1n) is 8.55. The molecular weight excluding hydrogens is 360 g/mol. The average Bonchev–Trinajstić information content (AvgIpc) is 3.05. The average molecular weight is 378 g/mol. The van der Waals surface area contributed by atoms with E-state index in [1.54, 1.807) is 18.2 Å². The lowest BCUT2D eigenvalue weighted by Crippen LogP contribution is -2.16. The van der Waals surface area contributed by atoms with Crippen LogP contribution in [0.25, 0.3) is 21.9 Å². The van der Waals surface area contributed by atoms with Crippen molar-refractivity contribution in [1.29, 1.82) is 0 Å². The Morgan fingerprint density at radius 3 is 2.48 bits per heavy atom. The van der Waals surface area contributed by atoms with Gasteiger partial charge in [-0.25, -0.2) is 4.79 Å². The number of benzene rings is 3. The van der Waals surface area contributed by atoms with Crippen molar-refractivity contribution in [2.75, 3.05) is 11.4 Å². The van der Waals surface area contributed by atoms with Crippen molar-refractivity contribution >= 4 is 51.2 Å². The summed E-state index contributed by atoms with van der Waals surface area (Å²) in [6.07, 6.45) is 0. The standard InChI is InChI=1S/C21H18N2O3S/c1-2-23(14-6-4-3-5-7-14)17-12-19-16(11-20(17)27-22)15-10-13(21(24)25)8-9-18(15)26-19/h3-12H,2,22H2,1H3,(H,24,25). The van der Waals surface area contributed by atoms with Crippen LogP contribution < -0.4 is 10.0 Å². The number of aromatic carboxylic acids is 1. The number of nitrogens with two attached hydrogens (primary N) is 1. The molecule has 0 fully saturated rings. The molecule has 0 unspecified atom stereocenters. The minimum Gasteiger partial charge on any atom is -0.478 e. The predicted molar refractivity (Wildman–Crippen MR) is 110 cm³/mol. The molecule has 0 spiro atoms. The Kier molecular flexibility index (Phi) is 4.51. The second-order valence-corrected chi connectivity index (χ2v) is 6.81. The van der Waals surface area contributed by atoms with Gasteiger partial charge in [-0.2, -0.15) is 0 Å². The SMILES string of the molecule is CCN(c1ccccc1)c1cc2oc3ccc(C(=O)O)cc3c2cc1SN. The molecule has 0 saturated carbocycles. The fourth-order valence-electron chi connectivity index (χ4n) is 3.33. The van der Waals surface area contributed by atoms with Crippen LogP contribution in [0.15, 0.2) is 70.0 Å². The van der Waals surface area contributed by atoms with Crippen LogP contribution in [0.2, 0.25) is 0 Å². The summed E-state index contributed by atoms with van der Waals surface area (Å²) in [6.45, 7) is 2.85. The number of furan rings is 1. The van der Waals surface area contributed by atoms with Gasteiger partial charge in [0.1, 0.15) is 11.2 Å². The summed E-state index contributed by atoms with van der Waals surface area (Å²) >= 11 is 1.17. The van der Waals surface area contributed by atoms with Crippen molar-refractivity contribution in [3.8, 4) is 0 Å². The molecule has 0 saturated heterocycles. The molecule has 0 aliphatic heterocycles. The Bertz CT molecular complexity index is 1140. The highest BCUT2D eigenvalue weighted by Gasteiger charge is 2.17. The molecule has 4 rings (SSSR count). The fourth-order valence-corrected chi connectivity index (χ4v) is 3.81. The zero-order chi connectivity index (χ0) is 19.0. The van der Waals surface area contributed by atoms with Gasteiger partial charge in [-0.1, -0.05) is 18.2 Å². The molecule has 0 amide bonds. The minimum absolute atomic E-state index is 0.232. The number of hydrogen-bond donors (Lipinski definition) is 2. The molecule has 0 bridgehead atoms. The quantitative estimate of drug-likeness (QED) is 0.452. The lowest BCUT2D eigenvalue weighted by molar-refractivity contribution is 0.0697. The maximum absolute atomic E-state index is 11.3. The molecule has 0 atom stereocenters. The summed E-state index contributed by atoms with van der Waals surface area (Å²) in [6, 6.07) is 18.9. The van der Waals surface area contributed by atoms with Crippen molar-refractivity contribution in [3.05, 3.63) is 66.2 Å². The monoisotopic (exact) mass is 378 g/mol.